The first-order valence-electron chi connectivity index (χ1n) is 11.3. The zero-order valence-corrected chi connectivity index (χ0v) is 19.0. The Morgan fingerprint density at radius 2 is 1.67 bits per heavy atom. The Hall–Kier alpha value is -3.48. The van der Waals surface area contributed by atoms with Crippen molar-refractivity contribution in [3.05, 3.63) is 60.2 Å². The zero-order valence-electron chi connectivity index (χ0n) is 19.0. The van der Waals surface area contributed by atoms with Crippen molar-refractivity contribution in [3.8, 4) is 11.1 Å². The van der Waals surface area contributed by atoms with E-state index < -0.39 is 11.4 Å². The van der Waals surface area contributed by atoms with Crippen LogP contribution in [0.3, 0.4) is 0 Å². The van der Waals surface area contributed by atoms with Gasteiger partial charge in [0.2, 0.25) is 17.7 Å². The fourth-order valence-electron chi connectivity index (χ4n) is 4.42. The van der Waals surface area contributed by atoms with Gasteiger partial charge in [0.25, 0.3) is 0 Å². The Kier molecular flexibility index (Phi) is 6.31. The van der Waals surface area contributed by atoms with E-state index in [1.807, 2.05) is 54.6 Å². The second-order valence-electron chi connectivity index (χ2n) is 8.73. The van der Waals surface area contributed by atoms with Gasteiger partial charge in [-0.3, -0.25) is 24.1 Å². The molecule has 0 radical (unpaired) electrons. The van der Waals surface area contributed by atoms with Gasteiger partial charge in [-0.15, -0.1) is 0 Å². The number of benzene rings is 2. The van der Waals surface area contributed by atoms with E-state index in [4.69, 9.17) is 4.74 Å². The average Bonchev–Trinajstić information content (AvgIpc) is 3.60. The molecule has 1 unspecified atom stereocenters. The summed E-state index contributed by atoms with van der Waals surface area (Å²) in [6, 6.07) is 17.3. The molecule has 1 saturated carbocycles. The van der Waals surface area contributed by atoms with Gasteiger partial charge in [0.15, 0.2) is 0 Å². The molecule has 0 N–H and O–H groups in total. The second-order valence-corrected chi connectivity index (χ2v) is 8.73. The van der Waals surface area contributed by atoms with Crippen LogP contribution in [0.1, 0.15) is 38.2 Å². The van der Waals surface area contributed by atoms with Crippen molar-refractivity contribution in [1.29, 1.82) is 0 Å². The van der Waals surface area contributed by atoms with E-state index in [1.165, 1.54) is 16.8 Å². The maximum absolute atomic E-state index is 13.6. The molecule has 7 heteroatoms. The lowest BCUT2D eigenvalue weighted by Gasteiger charge is -2.29. The van der Waals surface area contributed by atoms with Gasteiger partial charge in [-0.05, 0) is 36.5 Å². The maximum atomic E-state index is 13.6. The van der Waals surface area contributed by atoms with Crippen LogP contribution in [0, 0.1) is 0 Å². The molecule has 0 spiro atoms. The minimum absolute atomic E-state index is 0.0496. The van der Waals surface area contributed by atoms with E-state index in [2.05, 4.69) is 0 Å². The molecular formula is C26H28N2O5. The number of likely N-dealkylation sites (tertiary alicyclic amines) is 1. The van der Waals surface area contributed by atoms with Crippen LogP contribution in [0.4, 0.5) is 0 Å². The molecular weight excluding hydrogens is 420 g/mol. The molecule has 4 rings (SSSR count). The molecule has 172 valence electrons. The predicted molar refractivity (Wildman–Crippen MR) is 122 cm³/mol. The Bertz CT molecular complexity index is 1060. The third kappa shape index (κ3) is 4.53. The van der Waals surface area contributed by atoms with Gasteiger partial charge in [-0.1, -0.05) is 54.6 Å². The number of esters is 1. The molecule has 2 aromatic rings. The molecule has 1 heterocycles. The van der Waals surface area contributed by atoms with E-state index in [0.717, 1.165) is 24.0 Å². The van der Waals surface area contributed by atoms with Gasteiger partial charge in [-0.25, -0.2) is 0 Å². The van der Waals surface area contributed by atoms with E-state index >= 15 is 0 Å². The molecule has 0 bridgehead atoms. The lowest BCUT2D eigenvalue weighted by atomic mass is 9.75. The lowest BCUT2D eigenvalue weighted by molar-refractivity contribution is -0.149. The van der Waals surface area contributed by atoms with Crippen molar-refractivity contribution < 1.29 is 23.9 Å². The van der Waals surface area contributed by atoms with Crippen LogP contribution in [0.2, 0.25) is 0 Å². The normalized spacial score (nSPS) is 20.1. The number of hydrogen-bond donors (Lipinski definition) is 0. The minimum Gasteiger partial charge on any atom is -0.465 e. The van der Waals surface area contributed by atoms with Crippen LogP contribution in [0.5, 0.6) is 0 Å². The molecule has 2 aromatic carbocycles. The number of carbonyl (C=O) groups excluding carboxylic acids is 4. The van der Waals surface area contributed by atoms with Crippen LogP contribution < -0.4 is 0 Å². The van der Waals surface area contributed by atoms with Gasteiger partial charge >= 0.3 is 5.97 Å². The number of nitrogens with zero attached hydrogens (tertiary/aromatic N) is 2. The monoisotopic (exact) mass is 448 g/mol. The van der Waals surface area contributed by atoms with Crippen molar-refractivity contribution in [1.82, 2.24) is 9.80 Å². The first-order chi connectivity index (χ1) is 15.9. The highest BCUT2D eigenvalue weighted by Crippen LogP contribution is 2.44. The summed E-state index contributed by atoms with van der Waals surface area (Å²) in [5, 5.41) is 0. The molecule has 7 nitrogen and oxygen atoms in total. The molecule has 3 amide bonds. The molecule has 2 fully saturated rings. The van der Waals surface area contributed by atoms with Crippen LogP contribution in [-0.2, 0) is 29.3 Å². The number of likely N-dealkylation sites (N-methyl/N-ethyl adjacent to an activating group) is 1. The molecule has 2 aliphatic rings. The lowest BCUT2D eigenvalue weighted by Crippen LogP contribution is -2.44. The van der Waals surface area contributed by atoms with E-state index in [9.17, 15) is 19.2 Å². The van der Waals surface area contributed by atoms with Crippen molar-refractivity contribution in [2.24, 2.45) is 0 Å². The van der Waals surface area contributed by atoms with E-state index in [1.54, 1.807) is 6.92 Å². The largest absolute Gasteiger partial charge is 0.465 e. The fourth-order valence-corrected chi connectivity index (χ4v) is 4.42. The first kappa shape index (κ1) is 22.7. The standard InChI is InChI=1S/C26H28N2O5/c1-3-33-24(31)17-27(2)22(29)15-26(16-23(30)28(25(26)32)21-13-14-21)20-11-9-19(10-12-20)18-7-5-4-6-8-18/h4-12,21H,3,13-17H2,1-2H3. The number of imide groups is 1. The Morgan fingerprint density at radius 3 is 2.27 bits per heavy atom. The van der Waals surface area contributed by atoms with Gasteiger partial charge in [0, 0.05) is 25.9 Å². The molecule has 0 aromatic heterocycles. The smallest absolute Gasteiger partial charge is 0.325 e. The number of hydrogen-bond acceptors (Lipinski definition) is 5. The van der Waals surface area contributed by atoms with Gasteiger partial charge in [0.05, 0.1) is 12.0 Å². The Balaban J connectivity index is 1.64. The molecule has 33 heavy (non-hydrogen) atoms. The number of amides is 3. The minimum atomic E-state index is -1.27. The number of ether oxygens (including phenoxy) is 1. The van der Waals surface area contributed by atoms with E-state index in [-0.39, 0.29) is 49.8 Å². The topological polar surface area (TPSA) is 84.0 Å². The quantitative estimate of drug-likeness (QED) is 0.458. The number of rotatable bonds is 8. The highest BCUT2D eigenvalue weighted by atomic mass is 16.5. The van der Waals surface area contributed by atoms with Crippen LogP contribution >= 0.6 is 0 Å². The highest BCUT2D eigenvalue weighted by molar-refractivity contribution is 6.11. The Morgan fingerprint density at radius 1 is 1.03 bits per heavy atom. The highest BCUT2D eigenvalue weighted by Gasteiger charge is 2.57. The van der Waals surface area contributed by atoms with Crippen molar-refractivity contribution in [2.75, 3.05) is 20.2 Å². The Labute approximate surface area is 193 Å². The van der Waals surface area contributed by atoms with Gasteiger partial charge in [0.1, 0.15) is 6.54 Å². The zero-order chi connectivity index (χ0) is 23.6. The van der Waals surface area contributed by atoms with Crippen molar-refractivity contribution in [3.63, 3.8) is 0 Å². The van der Waals surface area contributed by atoms with Gasteiger partial charge in [-0.2, -0.15) is 0 Å². The van der Waals surface area contributed by atoms with Crippen LogP contribution in [0.25, 0.3) is 11.1 Å². The van der Waals surface area contributed by atoms with Gasteiger partial charge < -0.3 is 9.64 Å². The SMILES string of the molecule is CCOC(=O)CN(C)C(=O)CC1(c2ccc(-c3ccccc3)cc2)CC(=O)N(C2CC2)C1=O. The molecule has 1 aliphatic carbocycles. The summed E-state index contributed by atoms with van der Waals surface area (Å²) in [5.41, 5.74) is 1.39. The molecule has 1 aliphatic heterocycles. The first-order valence-corrected chi connectivity index (χ1v) is 11.3. The third-order valence-electron chi connectivity index (χ3n) is 6.36. The molecule has 1 saturated heterocycles. The summed E-state index contributed by atoms with van der Waals surface area (Å²) in [4.78, 5) is 54.0. The van der Waals surface area contributed by atoms with E-state index in [0.29, 0.717) is 5.56 Å². The summed E-state index contributed by atoms with van der Waals surface area (Å²) < 4.78 is 4.93. The van der Waals surface area contributed by atoms with Crippen LogP contribution in [0.15, 0.2) is 54.6 Å². The van der Waals surface area contributed by atoms with Crippen LogP contribution in [-0.4, -0.2) is 59.7 Å². The number of carbonyl (C=O) groups is 4. The summed E-state index contributed by atoms with van der Waals surface area (Å²) in [5.74, 6) is -1.45. The predicted octanol–water partition coefficient (Wildman–Crippen LogP) is 2.92. The third-order valence-corrected chi connectivity index (χ3v) is 6.36. The average molecular weight is 449 g/mol. The van der Waals surface area contributed by atoms with Crippen molar-refractivity contribution >= 4 is 23.7 Å². The fraction of sp³-hybridized carbons (Fsp3) is 0.385. The maximum Gasteiger partial charge on any atom is 0.325 e. The summed E-state index contributed by atoms with van der Waals surface area (Å²) in [6.07, 6.45) is 1.38. The molecule has 1 atom stereocenters. The summed E-state index contributed by atoms with van der Waals surface area (Å²) >= 11 is 0. The van der Waals surface area contributed by atoms with Crippen molar-refractivity contribution in [2.45, 2.75) is 44.1 Å². The second kappa shape index (κ2) is 9.17. The summed E-state index contributed by atoms with van der Waals surface area (Å²) in [6.45, 7) is 1.72. The summed E-state index contributed by atoms with van der Waals surface area (Å²) in [7, 11) is 1.51.